The highest BCUT2D eigenvalue weighted by molar-refractivity contribution is 6.38. The van der Waals surface area contributed by atoms with Gasteiger partial charge in [-0.25, -0.2) is 4.79 Å². The third-order valence-electron chi connectivity index (χ3n) is 10.5. The first-order chi connectivity index (χ1) is 20.9. The number of hydrogen-bond donors (Lipinski definition) is 5. The number of Topliss-reactive ketones (excluding diaryl/α,β-unsaturated/α-hetero) is 1. The summed E-state index contributed by atoms with van der Waals surface area (Å²) in [6, 6.07) is -3.07. The van der Waals surface area contributed by atoms with Crippen molar-refractivity contribution < 1.29 is 24.0 Å². The highest BCUT2D eigenvalue weighted by Gasteiger charge is 2.47. The normalized spacial score (nSPS) is 25.2. The second kappa shape index (κ2) is 15.9. The molecule has 4 unspecified atom stereocenters. The number of hydrogen-bond acceptors (Lipinski definition) is 5. The van der Waals surface area contributed by atoms with Gasteiger partial charge in [-0.1, -0.05) is 72.8 Å². The fraction of sp³-hybridized carbons (Fsp3) is 0.794. The molecule has 10 nitrogen and oxygen atoms in total. The third-order valence-corrected chi connectivity index (χ3v) is 10.5. The predicted octanol–water partition coefficient (Wildman–Crippen LogP) is 4.28. The molecule has 1 heterocycles. The Labute approximate surface area is 264 Å². The van der Waals surface area contributed by atoms with Crippen LogP contribution in [0.2, 0.25) is 0 Å². The Balaban J connectivity index is 1.83. The molecule has 0 aromatic rings. The van der Waals surface area contributed by atoms with Crippen LogP contribution in [0.3, 0.4) is 0 Å². The molecule has 3 fully saturated rings. The van der Waals surface area contributed by atoms with Crippen LogP contribution >= 0.6 is 0 Å². The Morgan fingerprint density at radius 1 is 1.05 bits per heavy atom. The summed E-state index contributed by atoms with van der Waals surface area (Å²) in [5.74, 6) is -1.87. The first kappa shape index (κ1) is 35.6. The molecule has 5 amide bonds. The summed E-state index contributed by atoms with van der Waals surface area (Å²) in [7, 11) is 0. The summed E-state index contributed by atoms with van der Waals surface area (Å²) in [6.07, 6.45) is 12.2. The Bertz CT molecular complexity index is 1050. The summed E-state index contributed by atoms with van der Waals surface area (Å²) < 4.78 is 0. The molecule has 3 rings (SSSR count). The van der Waals surface area contributed by atoms with Gasteiger partial charge < -0.3 is 26.6 Å². The van der Waals surface area contributed by atoms with Gasteiger partial charge >= 0.3 is 6.03 Å². The molecule has 1 saturated heterocycles. The number of urea groups is 1. The molecule has 0 aromatic carbocycles. The fourth-order valence-corrected chi connectivity index (χ4v) is 7.00. The summed E-state index contributed by atoms with van der Waals surface area (Å²) >= 11 is 0. The second-order valence-corrected chi connectivity index (χ2v) is 14.3. The van der Waals surface area contributed by atoms with Crippen molar-refractivity contribution in [1.29, 1.82) is 0 Å². The van der Waals surface area contributed by atoms with E-state index in [0.717, 1.165) is 70.6 Å². The van der Waals surface area contributed by atoms with Crippen molar-refractivity contribution in [3.63, 3.8) is 0 Å². The minimum absolute atomic E-state index is 0.0580. The highest BCUT2D eigenvalue weighted by Crippen LogP contribution is 2.45. The molecule has 2 aliphatic carbocycles. The lowest BCUT2D eigenvalue weighted by atomic mass is 9.65. The van der Waals surface area contributed by atoms with E-state index in [1.807, 2.05) is 6.92 Å². The van der Waals surface area contributed by atoms with Gasteiger partial charge in [0.2, 0.25) is 17.6 Å². The van der Waals surface area contributed by atoms with Crippen LogP contribution in [-0.4, -0.2) is 60.2 Å². The first-order valence-corrected chi connectivity index (χ1v) is 17.0. The van der Waals surface area contributed by atoms with Gasteiger partial charge in [-0.15, -0.1) is 6.58 Å². The fourth-order valence-electron chi connectivity index (χ4n) is 7.00. The van der Waals surface area contributed by atoms with Crippen LogP contribution in [0.15, 0.2) is 12.7 Å². The minimum Gasteiger partial charge on any atom is -0.346 e. The average molecular weight is 616 g/mol. The number of amides is 5. The maximum absolute atomic E-state index is 14.1. The summed E-state index contributed by atoms with van der Waals surface area (Å²) in [5, 5.41) is 14.5. The molecule has 5 atom stereocenters. The zero-order valence-electron chi connectivity index (χ0n) is 27.7. The Hall–Kier alpha value is -2.91. The van der Waals surface area contributed by atoms with E-state index >= 15 is 0 Å². The van der Waals surface area contributed by atoms with Gasteiger partial charge in [-0.3, -0.25) is 19.2 Å². The number of carbonyl (C=O) groups excluding carboxylic acids is 5. The lowest BCUT2D eigenvalue weighted by Crippen LogP contribution is -2.62. The summed E-state index contributed by atoms with van der Waals surface area (Å²) in [6.45, 7) is 14.2. The molecule has 1 aliphatic heterocycles. The maximum Gasteiger partial charge on any atom is 0.315 e. The van der Waals surface area contributed by atoms with Gasteiger partial charge in [0, 0.05) is 12.6 Å². The zero-order chi connectivity index (χ0) is 32.5. The first-order valence-electron chi connectivity index (χ1n) is 17.0. The molecule has 0 aromatic heterocycles. The van der Waals surface area contributed by atoms with E-state index in [9.17, 15) is 24.0 Å². The molecule has 248 valence electrons. The molecular formula is C34H57N5O5. The Morgan fingerprint density at radius 3 is 2.32 bits per heavy atom. The van der Waals surface area contributed by atoms with Crippen LogP contribution in [0.25, 0.3) is 0 Å². The maximum atomic E-state index is 14.1. The minimum atomic E-state index is -0.961. The summed E-state index contributed by atoms with van der Waals surface area (Å²) in [4.78, 5) is 66.8. The molecule has 10 heteroatoms. The number of ketones is 1. The Kier molecular flexibility index (Phi) is 12.8. The van der Waals surface area contributed by atoms with E-state index in [1.54, 1.807) is 0 Å². The van der Waals surface area contributed by atoms with Gasteiger partial charge in [-0.2, -0.15) is 0 Å². The van der Waals surface area contributed by atoms with Gasteiger partial charge in [0.05, 0.1) is 6.04 Å². The number of rotatable bonds is 13. The van der Waals surface area contributed by atoms with Gasteiger partial charge in [0.25, 0.3) is 5.91 Å². The Morgan fingerprint density at radius 2 is 1.73 bits per heavy atom. The van der Waals surface area contributed by atoms with E-state index in [4.69, 9.17) is 0 Å². The van der Waals surface area contributed by atoms with E-state index in [0.29, 0.717) is 12.8 Å². The monoisotopic (exact) mass is 615 g/mol. The van der Waals surface area contributed by atoms with E-state index in [1.165, 1.54) is 6.08 Å². The van der Waals surface area contributed by atoms with E-state index in [2.05, 4.69) is 60.9 Å². The molecule has 1 spiro atoms. The van der Waals surface area contributed by atoms with Crippen LogP contribution < -0.4 is 26.6 Å². The number of nitrogens with one attached hydrogen (secondary N) is 5. The molecule has 5 N–H and O–H groups in total. The molecular weight excluding hydrogens is 558 g/mol. The van der Waals surface area contributed by atoms with Crippen molar-refractivity contribution in [2.75, 3.05) is 6.54 Å². The topological polar surface area (TPSA) is 146 Å². The van der Waals surface area contributed by atoms with Crippen molar-refractivity contribution in [2.24, 2.45) is 22.7 Å². The van der Waals surface area contributed by atoms with Gasteiger partial charge in [0.1, 0.15) is 12.1 Å². The van der Waals surface area contributed by atoms with Crippen molar-refractivity contribution in [1.82, 2.24) is 26.6 Å². The molecule has 0 radical (unpaired) electrons. The van der Waals surface area contributed by atoms with Crippen LogP contribution in [0.4, 0.5) is 4.79 Å². The van der Waals surface area contributed by atoms with Crippen molar-refractivity contribution >= 4 is 29.5 Å². The SMILES string of the molecule is C=CCNC(=O)C(=O)C(CC1CC1)NC(=O)C1C[C@@H](C)CCC2(CCCCC2)C(NC(=O)NC(CC)C(C)(C)CC)C(=O)N1. The molecule has 2 saturated carbocycles. The smallest absolute Gasteiger partial charge is 0.315 e. The quantitative estimate of drug-likeness (QED) is 0.155. The van der Waals surface area contributed by atoms with Crippen LogP contribution in [0.5, 0.6) is 0 Å². The van der Waals surface area contributed by atoms with Crippen LogP contribution in [0, 0.1) is 22.7 Å². The second-order valence-electron chi connectivity index (χ2n) is 14.3. The van der Waals surface area contributed by atoms with Crippen molar-refractivity contribution in [2.45, 2.75) is 142 Å². The van der Waals surface area contributed by atoms with Crippen LogP contribution in [-0.2, 0) is 19.2 Å². The number of carbonyl (C=O) groups is 5. The van der Waals surface area contributed by atoms with E-state index in [-0.39, 0.29) is 41.8 Å². The lowest BCUT2D eigenvalue weighted by molar-refractivity contribution is -0.140. The molecule has 0 bridgehead atoms. The lowest BCUT2D eigenvalue weighted by Gasteiger charge is -2.43. The molecule has 44 heavy (non-hydrogen) atoms. The predicted molar refractivity (Wildman–Crippen MR) is 172 cm³/mol. The van der Waals surface area contributed by atoms with Crippen molar-refractivity contribution in [3.05, 3.63) is 12.7 Å². The highest BCUT2D eigenvalue weighted by atomic mass is 16.2. The third kappa shape index (κ3) is 9.54. The average Bonchev–Trinajstić information content (AvgIpc) is 3.82. The standard InChI is InChI=1S/C34H57N5O5/c1-7-19-35-30(42)27(40)24(21-23-13-14-23)36-29(41)25-20-22(4)15-18-34(16-11-10-12-17-34)28(31(43)37-25)39-32(44)38-26(8-2)33(5,6)9-3/h7,22-26,28H,1,8-21H2,2-6H3,(H,35,42)(H,36,41)(H,37,43)(H2,38,39,44)/t22-,24?,25?,26?,28?/m0/s1. The summed E-state index contributed by atoms with van der Waals surface area (Å²) in [5.41, 5.74) is -0.500. The van der Waals surface area contributed by atoms with Crippen molar-refractivity contribution in [3.8, 4) is 0 Å². The van der Waals surface area contributed by atoms with E-state index < -0.39 is 41.1 Å². The van der Waals surface area contributed by atoms with Gasteiger partial charge in [0.15, 0.2) is 0 Å². The zero-order valence-corrected chi connectivity index (χ0v) is 27.7. The molecule has 3 aliphatic rings. The van der Waals surface area contributed by atoms with Gasteiger partial charge in [-0.05, 0) is 74.0 Å². The van der Waals surface area contributed by atoms with Crippen LogP contribution in [0.1, 0.15) is 118 Å². The largest absolute Gasteiger partial charge is 0.346 e.